The summed E-state index contributed by atoms with van der Waals surface area (Å²) in [7, 11) is 0. The Morgan fingerprint density at radius 2 is 1.63 bits per heavy atom. The molecule has 0 saturated heterocycles. The first-order valence-corrected chi connectivity index (χ1v) is 6.27. The Kier molecular flexibility index (Phi) is 6.60. The van der Waals surface area contributed by atoms with Gasteiger partial charge in [-0.05, 0) is 31.4 Å². The summed E-state index contributed by atoms with van der Waals surface area (Å²) in [6.07, 6.45) is 3.21. The average molecular weight is 266 g/mol. The Morgan fingerprint density at radius 3 is 2.26 bits per heavy atom. The molecule has 0 atom stereocenters. The third kappa shape index (κ3) is 5.09. The van der Waals surface area contributed by atoms with Gasteiger partial charge in [-0.1, -0.05) is 18.6 Å². The molecule has 19 heavy (non-hydrogen) atoms. The number of unbranched alkanes of at least 4 members (excludes halogenated alkanes) is 3. The van der Waals surface area contributed by atoms with E-state index < -0.39 is 11.9 Å². The molecule has 0 spiro atoms. The number of aliphatic hydroxyl groups is 1. The molecule has 1 aromatic rings. The van der Waals surface area contributed by atoms with Crippen LogP contribution in [0.5, 0.6) is 0 Å². The van der Waals surface area contributed by atoms with Crippen molar-refractivity contribution in [2.24, 2.45) is 0 Å². The van der Waals surface area contributed by atoms with Gasteiger partial charge in [-0.2, -0.15) is 0 Å². The van der Waals surface area contributed by atoms with Gasteiger partial charge in [0.1, 0.15) is 0 Å². The maximum atomic E-state index is 11.7. The van der Waals surface area contributed by atoms with E-state index >= 15 is 0 Å². The molecule has 0 aliphatic carbocycles. The van der Waals surface area contributed by atoms with Crippen LogP contribution in [-0.2, 0) is 4.74 Å². The zero-order valence-electron chi connectivity index (χ0n) is 10.7. The van der Waals surface area contributed by atoms with Gasteiger partial charge in [0.05, 0.1) is 17.7 Å². The summed E-state index contributed by atoms with van der Waals surface area (Å²) in [5, 5.41) is 17.6. The van der Waals surface area contributed by atoms with Crippen molar-refractivity contribution < 1.29 is 24.5 Å². The summed E-state index contributed by atoms with van der Waals surface area (Å²) in [5.41, 5.74) is 0.0261. The van der Waals surface area contributed by atoms with Crippen LogP contribution in [0, 0.1) is 0 Å². The van der Waals surface area contributed by atoms with Crippen LogP contribution in [0.2, 0.25) is 0 Å². The van der Waals surface area contributed by atoms with Gasteiger partial charge in [0.25, 0.3) is 0 Å². The fourth-order valence-electron chi connectivity index (χ4n) is 1.66. The molecule has 5 nitrogen and oxygen atoms in total. The lowest BCUT2D eigenvalue weighted by atomic mass is 10.1. The Hall–Kier alpha value is -1.88. The number of carboxylic acids is 1. The van der Waals surface area contributed by atoms with E-state index in [9.17, 15) is 9.59 Å². The minimum atomic E-state index is -1.14. The van der Waals surface area contributed by atoms with Gasteiger partial charge in [0, 0.05) is 6.61 Å². The number of esters is 1. The summed E-state index contributed by atoms with van der Waals surface area (Å²) < 4.78 is 5.03. The molecule has 0 aliphatic rings. The van der Waals surface area contributed by atoms with Gasteiger partial charge in [-0.15, -0.1) is 0 Å². The van der Waals surface area contributed by atoms with E-state index in [-0.39, 0.29) is 24.3 Å². The summed E-state index contributed by atoms with van der Waals surface area (Å²) in [4.78, 5) is 22.7. The smallest absolute Gasteiger partial charge is 0.339 e. The molecule has 0 aliphatic heterocycles. The average Bonchev–Trinajstić information content (AvgIpc) is 2.42. The van der Waals surface area contributed by atoms with Crippen molar-refractivity contribution in [1.82, 2.24) is 0 Å². The highest BCUT2D eigenvalue weighted by molar-refractivity contribution is 6.02. The second kappa shape index (κ2) is 8.26. The third-order valence-electron chi connectivity index (χ3n) is 2.66. The van der Waals surface area contributed by atoms with Crippen LogP contribution in [-0.4, -0.2) is 35.4 Å². The van der Waals surface area contributed by atoms with E-state index in [1.54, 1.807) is 12.1 Å². The molecule has 2 N–H and O–H groups in total. The van der Waals surface area contributed by atoms with Crippen molar-refractivity contribution in [3.63, 3.8) is 0 Å². The second-order valence-electron chi connectivity index (χ2n) is 4.12. The largest absolute Gasteiger partial charge is 0.478 e. The van der Waals surface area contributed by atoms with E-state index in [4.69, 9.17) is 14.9 Å². The van der Waals surface area contributed by atoms with Crippen LogP contribution in [0.25, 0.3) is 0 Å². The highest BCUT2D eigenvalue weighted by atomic mass is 16.5. The van der Waals surface area contributed by atoms with Crippen molar-refractivity contribution in [2.75, 3.05) is 13.2 Å². The lowest BCUT2D eigenvalue weighted by Crippen LogP contribution is -2.12. The molecule has 0 fully saturated rings. The highest BCUT2D eigenvalue weighted by Gasteiger charge is 2.16. The van der Waals surface area contributed by atoms with Gasteiger partial charge >= 0.3 is 11.9 Å². The van der Waals surface area contributed by atoms with Crippen molar-refractivity contribution in [2.45, 2.75) is 25.7 Å². The summed E-state index contributed by atoms with van der Waals surface area (Å²) >= 11 is 0. The number of benzene rings is 1. The molecule has 0 heterocycles. The van der Waals surface area contributed by atoms with E-state index in [1.165, 1.54) is 12.1 Å². The molecular weight excluding hydrogens is 248 g/mol. The lowest BCUT2D eigenvalue weighted by molar-refractivity contribution is 0.0487. The molecule has 0 bridgehead atoms. The zero-order valence-corrected chi connectivity index (χ0v) is 10.7. The molecule has 0 unspecified atom stereocenters. The van der Waals surface area contributed by atoms with Gasteiger partial charge in [-0.3, -0.25) is 0 Å². The minimum absolute atomic E-state index is 0.0484. The first-order valence-electron chi connectivity index (χ1n) is 6.27. The van der Waals surface area contributed by atoms with Crippen molar-refractivity contribution >= 4 is 11.9 Å². The molecule has 104 valence electrons. The van der Waals surface area contributed by atoms with Gasteiger partial charge in [-0.25, -0.2) is 9.59 Å². The molecule has 1 rings (SSSR count). The fourth-order valence-corrected chi connectivity index (χ4v) is 1.66. The number of carboxylic acid groups (broad SMARTS) is 1. The normalized spacial score (nSPS) is 10.2. The van der Waals surface area contributed by atoms with Crippen LogP contribution in [0.1, 0.15) is 46.4 Å². The first kappa shape index (κ1) is 15.2. The number of rotatable bonds is 8. The minimum Gasteiger partial charge on any atom is -0.478 e. The fraction of sp³-hybridized carbons (Fsp3) is 0.429. The van der Waals surface area contributed by atoms with Crippen molar-refractivity contribution in [3.05, 3.63) is 35.4 Å². The maximum absolute atomic E-state index is 11.7. The molecule has 0 amide bonds. The second-order valence-corrected chi connectivity index (χ2v) is 4.12. The van der Waals surface area contributed by atoms with Gasteiger partial charge in [0.15, 0.2) is 0 Å². The topological polar surface area (TPSA) is 83.8 Å². The quantitative estimate of drug-likeness (QED) is 0.556. The molecule has 0 aromatic heterocycles. The number of aliphatic hydroxyl groups excluding tert-OH is 1. The standard InChI is InChI=1S/C14H18O5/c15-9-5-1-2-6-10-19-14(18)12-8-4-3-7-11(12)13(16)17/h3-4,7-8,15H,1-2,5-6,9-10H2,(H,16,17). The van der Waals surface area contributed by atoms with E-state index in [2.05, 4.69) is 0 Å². The van der Waals surface area contributed by atoms with Crippen LogP contribution in [0.15, 0.2) is 24.3 Å². The number of hydrogen-bond donors (Lipinski definition) is 2. The number of ether oxygens (including phenoxy) is 1. The van der Waals surface area contributed by atoms with Gasteiger partial charge < -0.3 is 14.9 Å². The molecule has 0 saturated carbocycles. The van der Waals surface area contributed by atoms with Crippen molar-refractivity contribution in [3.8, 4) is 0 Å². The number of carbonyl (C=O) groups is 2. The van der Waals surface area contributed by atoms with E-state index in [1.807, 2.05) is 0 Å². The Bertz CT molecular complexity index is 428. The lowest BCUT2D eigenvalue weighted by Gasteiger charge is -2.06. The monoisotopic (exact) mass is 266 g/mol. The van der Waals surface area contributed by atoms with E-state index in [0.29, 0.717) is 6.42 Å². The Balaban J connectivity index is 2.43. The molecule has 1 aromatic carbocycles. The van der Waals surface area contributed by atoms with Crippen LogP contribution < -0.4 is 0 Å². The van der Waals surface area contributed by atoms with Crippen molar-refractivity contribution in [1.29, 1.82) is 0 Å². The first-order chi connectivity index (χ1) is 9.16. The predicted molar refractivity (Wildman–Crippen MR) is 69.2 cm³/mol. The Labute approximate surface area is 111 Å². The predicted octanol–water partition coefficient (Wildman–Crippen LogP) is 2.09. The third-order valence-corrected chi connectivity index (χ3v) is 2.66. The molecule has 0 radical (unpaired) electrons. The number of carbonyl (C=O) groups excluding carboxylic acids is 1. The summed E-state index contributed by atoms with van der Waals surface area (Å²) in [6, 6.07) is 5.98. The zero-order chi connectivity index (χ0) is 14.1. The number of aromatic carboxylic acids is 1. The summed E-state index contributed by atoms with van der Waals surface area (Å²) in [5.74, 6) is -1.75. The number of hydrogen-bond acceptors (Lipinski definition) is 4. The van der Waals surface area contributed by atoms with Gasteiger partial charge in [0.2, 0.25) is 0 Å². The SMILES string of the molecule is O=C(O)c1ccccc1C(=O)OCCCCCCO. The highest BCUT2D eigenvalue weighted by Crippen LogP contribution is 2.11. The maximum Gasteiger partial charge on any atom is 0.339 e. The van der Waals surface area contributed by atoms with E-state index in [0.717, 1.165) is 19.3 Å². The van der Waals surface area contributed by atoms with Crippen LogP contribution in [0.3, 0.4) is 0 Å². The molecule has 5 heteroatoms. The molecular formula is C14H18O5. The van der Waals surface area contributed by atoms with Crippen LogP contribution >= 0.6 is 0 Å². The summed E-state index contributed by atoms with van der Waals surface area (Å²) in [6.45, 7) is 0.435. The van der Waals surface area contributed by atoms with Crippen LogP contribution in [0.4, 0.5) is 0 Å². The Morgan fingerprint density at radius 1 is 1.00 bits per heavy atom.